The van der Waals surface area contributed by atoms with E-state index in [0.717, 1.165) is 56.2 Å². The maximum Gasteiger partial charge on any atom is 0.146 e. The maximum atomic E-state index is 5.11. The molecule has 0 saturated carbocycles. The van der Waals surface area contributed by atoms with Gasteiger partial charge in [-0.2, -0.15) is 0 Å². The van der Waals surface area contributed by atoms with Crippen LogP contribution in [0.1, 0.15) is 94.2 Å². The van der Waals surface area contributed by atoms with E-state index in [1.807, 2.05) is 30.6 Å². The normalized spacial score (nSPS) is 12.0. The van der Waals surface area contributed by atoms with Gasteiger partial charge in [0.2, 0.25) is 0 Å². The second-order valence-corrected chi connectivity index (χ2v) is 27.8. The summed E-state index contributed by atoms with van der Waals surface area (Å²) >= 11 is 0. The molecular formula is C49H59N3Si2. The van der Waals surface area contributed by atoms with Crippen molar-refractivity contribution in [1.82, 2.24) is 15.0 Å². The Morgan fingerprint density at radius 2 is 0.759 bits per heavy atom. The number of aromatic nitrogens is 3. The van der Waals surface area contributed by atoms with Gasteiger partial charge in [0.15, 0.2) is 0 Å². The van der Waals surface area contributed by atoms with Gasteiger partial charge in [-0.05, 0) is 104 Å². The average molecular weight is 746 g/mol. The van der Waals surface area contributed by atoms with Crippen LogP contribution in [0.4, 0.5) is 0 Å². The van der Waals surface area contributed by atoms with E-state index in [-0.39, 0.29) is 0 Å². The molecule has 0 spiro atoms. The first kappa shape index (κ1) is 40.6. The maximum absolute atomic E-state index is 5.11. The molecule has 0 aliphatic heterocycles. The van der Waals surface area contributed by atoms with Crippen molar-refractivity contribution in [1.29, 1.82) is 0 Å². The number of pyridine rings is 3. The second kappa shape index (κ2) is 17.3. The van der Waals surface area contributed by atoms with Gasteiger partial charge in [-0.25, -0.2) is 4.98 Å². The van der Waals surface area contributed by atoms with E-state index in [0.29, 0.717) is 33.2 Å². The zero-order chi connectivity index (χ0) is 39.2. The van der Waals surface area contributed by atoms with Crippen LogP contribution in [0, 0.1) is 22.9 Å². The predicted molar refractivity (Wildman–Crippen MR) is 237 cm³/mol. The number of nitrogens with zero attached hydrogens (tertiary/aromatic N) is 3. The van der Waals surface area contributed by atoms with Crippen molar-refractivity contribution in [3.63, 3.8) is 0 Å². The summed E-state index contributed by atoms with van der Waals surface area (Å²) in [5.74, 6) is 7.40. The first-order valence-electron chi connectivity index (χ1n) is 19.9. The molecule has 54 heavy (non-hydrogen) atoms. The predicted octanol–water partition coefficient (Wildman–Crippen LogP) is 13.7. The van der Waals surface area contributed by atoms with Crippen LogP contribution in [0.5, 0.6) is 0 Å². The molecule has 5 heteroatoms. The fourth-order valence-corrected chi connectivity index (χ4v) is 19.5. The molecule has 0 unspecified atom stereocenters. The molecule has 0 radical (unpaired) electrons. The van der Waals surface area contributed by atoms with Crippen LogP contribution in [0.25, 0.3) is 45.0 Å². The summed E-state index contributed by atoms with van der Waals surface area (Å²) in [4.78, 5) is 14.7. The van der Waals surface area contributed by atoms with Crippen molar-refractivity contribution in [2.24, 2.45) is 0 Å². The highest BCUT2D eigenvalue weighted by Gasteiger charge is 2.42. The molecule has 3 heterocycles. The second-order valence-electron chi connectivity index (χ2n) is 16.7. The molecule has 0 bridgehead atoms. The summed E-state index contributed by atoms with van der Waals surface area (Å²) in [6.07, 6.45) is 3.76. The van der Waals surface area contributed by atoms with E-state index < -0.39 is 16.1 Å². The molecule has 5 aromatic rings. The molecule has 0 saturated heterocycles. The molecule has 0 fully saturated rings. The topological polar surface area (TPSA) is 38.7 Å². The molecule has 5 rings (SSSR count). The van der Waals surface area contributed by atoms with Gasteiger partial charge in [0.1, 0.15) is 16.1 Å². The zero-order valence-corrected chi connectivity index (χ0v) is 36.6. The van der Waals surface area contributed by atoms with Gasteiger partial charge < -0.3 is 0 Å². The Labute approximate surface area is 328 Å². The molecule has 0 atom stereocenters. The van der Waals surface area contributed by atoms with Gasteiger partial charge in [0.25, 0.3) is 0 Å². The SMILES string of the molecule is CC(C)[Si](C#Cc1ccccc1-c1ccnc(-c2cccc(-c3cc(-c4ccccc4C#C[Si](C(C)C)(C(C)C)C(C)C)ccn3)n2)c1)(C(C)C)C(C)C. The van der Waals surface area contributed by atoms with Gasteiger partial charge in [-0.3, -0.25) is 9.97 Å². The third-order valence-corrected chi connectivity index (χ3v) is 24.4. The average Bonchev–Trinajstić information content (AvgIpc) is 3.15. The first-order valence-corrected chi connectivity index (χ1v) is 24.3. The summed E-state index contributed by atoms with van der Waals surface area (Å²) in [6.45, 7) is 28.4. The summed E-state index contributed by atoms with van der Waals surface area (Å²) in [6, 6.07) is 31.5. The first-order chi connectivity index (χ1) is 25.7. The van der Waals surface area contributed by atoms with Gasteiger partial charge in [0.05, 0.1) is 22.8 Å². The molecule has 3 nitrogen and oxygen atoms in total. The highest BCUT2D eigenvalue weighted by atomic mass is 28.3. The Balaban J connectivity index is 1.51. The summed E-state index contributed by atoms with van der Waals surface area (Å²) in [5.41, 5.74) is 21.1. The van der Waals surface area contributed by atoms with Crippen LogP contribution in [0.2, 0.25) is 33.2 Å². The van der Waals surface area contributed by atoms with E-state index in [9.17, 15) is 0 Å². The largest absolute Gasteiger partial charge is 0.255 e. The van der Waals surface area contributed by atoms with Gasteiger partial charge in [0, 0.05) is 23.5 Å². The fraction of sp³-hybridized carbons (Fsp3) is 0.367. The standard InChI is InChI=1S/C49H59N3Si2/c1-34(2)53(35(3)4,36(5)6)30-26-40-18-13-15-20-44(40)42-24-28-50-48(32-42)46-22-17-23-47(52-46)49-33-43(25-29-51-49)45-21-16-14-19-41(45)27-31-54(37(7)8,38(9)10)39(11)12/h13-25,28-29,32-39H,1-12H3. The van der Waals surface area contributed by atoms with Gasteiger partial charge >= 0.3 is 0 Å². The number of rotatable bonds is 10. The molecule has 0 amide bonds. The number of hydrogen-bond acceptors (Lipinski definition) is 3. The highest BCUT2D eigenvalue weighted by molar-refractivity contribution is 6.91. The van der Waals surface area contributed by atoms with Crippen LogP contribution in [0.15, 0.2) is 103 Å². The Morgan fingerprint density at radius 3 is 1.11 bits per heavy atom. The lowest BCUT2D eigenvalue weighted by molar-refractivity contribution is 0.838. The van der Waals surface area contributed by atoms with E-state index >= 15 is 0 Å². The molecule has 2 aromatic carbocycles. The summed E-state index contributed by atoms with van der Waals surface area (Å²) < 4.78 is 0. The molecule has 0 N–H and O–H groups in total. The summed E-state index contributed by atoms with van der Waals surface area (Å²) in [7, 11) is -3.77. The third kappa shape index (κ3) is 8.24. The fourth-order valence-electron chi connectivity index (χ4n) is 9.10. The number of hydrogen-bond donors (Lipinski definition) is 0. The van der Waals surface area contributed by atoms with Crippen molar-refractivity contribution < 1.29 is 0 Å². The lowest BCUT2D eigenvalue weighted by atomic mass is 9.99. The zero-order valence-electron chi connectivity index (χ0n) is 34.6. The van der Waals surface area contributed by atoms with Crippen molar-refractivity contribution >= 4 is 16.1 Å². The third-order valence-electron chi connectivity index (χ3n) is 11.8. The van der Waals surface area contributed by atoms with Crippen molar-refractivity contribution in [3.05, 3.63) is 115 Å². The van der Waals surface area contributed by atoms with E-state index in [4.69, 9.17) is 15.0 Å². The molecule has 0 aliphatic rings. The van der Waals surface area contributed by atoms with Crippen LogP contribution < -0.4 is 0 Å². The Morgan fingerprint density at radius 1 is 0.407 bits per heavy atom. The highest BCUT2D eigenvalue weighted by Crippen LogP contribution is 2.42. The molecular weight excluding hydrogens is 687 g/mol. The van der Waals surface area contributed by atoms with E-state index in [2.05, 4.69) is 179 Å². The number of benzene rings is 2. The quantitative estimate of drug-likeness (QED) is 0.106. The van der Waals surface area contributed by atoms with Crippen molar-refractivity contribution in [3.8, 4) is 68.0 Å². The van der Waals surface area contributed by atoms with Crippen LogP contribution in [0.3, 0.4) is 0 Å². The van der Waals surface area contributed by atoms with Crippen LogP contribution in [-0.2, 0) is 0 Å². The Bertz CT molecular complexity index is 1990. The monoisotopic (exact) mass is 745 g/mol. The minimum absolute atomic E-state index is 0.576. The summed E-state index contributed by atoms with van der Waals surface area (Å²) in [5, 5.41) is 0. The van der Waals surface area contributed by atoms with Crippen molar-refractivity contribution in [2.75, 3.05) is 0 Å². The van der Waals surface area contributed by atoms with Crippen LogP contribution in [-0.4, -0.2) is 31.1 Å². The van der Waals surface area contributed by atoms with E-state index in [1.165, 1.54) is 0 Å². The molecule has 0 aliphatic carbocycles. The van der Waals surface area contributed by atoms with Gasteiger partial charge in [-0.15, -0.1) is 11.1 Å². The molecule has 278 valence electrons. The van der Waals surface area contributed by atoms with Crippen molar-refractivity contribution in [2.45, 2.75) is 116 Å². The molecule has 3 aromatic heterocycles. The Kier molecular flexibility index (Phi) is 13.0. The van der Waals surface area contributed by atoms with Gasteiger partial charge in [-0.1, -0.05) is 137 Å². The lowest BCUT2D eigenvalue weighted by Crippen LogP contribution is -2.43. The lowest BCUT2D eigenvalue weighted by Gasteiger charge is -2.38. The Hall–Kier alpha value is -4.56. The van der Waals surface area contributed by atoms with Crippen LogP contribution >= 0.6 is 0 Å². The minimum Gasteiger partial charge on any atom is -0.255 e. The smallest absolute Gasteiger partial charge is 0.146 e. The minimum atomic E-state index is -1.88. The van der Waals surface area contributed by atoms with E-state index in [1.54, 1.807) is 0 Å².